The second kappa shape index (κ2) is 8.75. The van der Waals surface area contributed by atoms with Crippen LogP contribution < -0.4 is 4.74 Å². The molecule has 4 aromatic rings. The number of benzene rings is 1. The summed E-state index contributed by atoms with van der Waals surface area (Å²) < 4.78 is 61.8. The Labute approximate surface area is 202 Å². The molecule has 0 aliphatic carbocycles. The molecule has 1 aromatic carbocycles. The Hall–Kier alpha value is -3.71. The first kappa shape index (κ1) is 22.7. The molecule has 36 heavy (non-hydrogen) atoms. The topological polar surface area (TPSA) is 102 Å². The van der Waals surface area contributed by atoms with E-state index >= 15 is 0 Å². The molecule has 1 saturated heterocycles. The van der Waals surface area contributed by atoms with Gasteiger partial charge in [-0.3, -0.25) is 4.68 Å². The van der Waals surface area contributed by atoms with Crippen LogP contribution in [0.3, 0.4) is 0 Å². The Bertz CT molecular complexity index is 1400. The van der Waals surface area contributed by atoms with Crippen molar-refractivity contribution in [3.63, 3.8) is 0 Å². The molecule has 10 nitrogen and oxygen atoms in total. The van der Waals surface area contributed by atoms with Crippen LogP contribution in [-0.4, -0.2) is 62.6 Å². The van der Waals surface area contributed by atoms with Gasteiger partial charge in [0.2, 0.25) is 5.82 Å². The van der Waals surface area contributed by atoms with E-state index in [4.69, 9.17) is 19.1 Å². The zero-order valence-electron chi connectivity index (χ0n) is 19.2. The van der Waals surface area contributed by atoms with Gasteiger partial charge in [-0.1, -0.05) is 5.16 Å². The fourth-order valence-electron chi connectivity index (χ4n) is 4.53. The van der Waals surface area contributed by atoms with Crippen LogP contribution in [0, 0.1) is 0 Å². The zero-order valence-corrected chi connectivity index (χ0v) is 19.2. The highest BCUT2D eigenvalue weighted by Gasteiger charge is 2.30. The zero-order chi connectivity index (χ0) is 24.9. The third kappa shape index (κ3) is 4.13. The van der Waals surface area contributed by atoms with E-state index in [9.17, 15) is 13.2 Å². The number of alkyl halides is 3. The molecule has 1 atom stereocenters. The van der Waals surface area contributed by atoms with Gasteiger partial charge in [-0.2, -0.15) is 23.3 Å². The molecule has 0 saturated carbocycles. The Morgan fingerprint density at radius 3 is 2.89 bits per heavy atom. The van der Waals surface area contributed by atoms with Crippen molar-refractivity contribution in [2.75, 3.05) is 26.9 Å². The molecule has 13 heteroatoms. The Morgan fingerprint density at radius 1 is 1.22 bits per heavy atom. The molecule has 0 radical (unpaired) electrons. The Kier molecular flexibility index (Phi) is 5.52. The molecule has 188 valence electrons. The van der Waals surface area contributed by atoms with Gasteiger partial charge < -0.3 is 23.3 Å². The number of aromatic nitrogens is 6. The first-order valence-electron chi connectivity index (χ1n) is 11.3. The number of hydrogen-bond acceptors (Lipinski definition) is 8. The summed E-state index contributed by atoms with van der Waals surface area (Å²) in [4.78, 5) is 8.74. The van der Waals surface area contributed by atoms with Gasteiger partial charge in [0, 0.05) is 30.4 Å². The van der Waals surface area contributed by atoms with Crippen molar-refractivity contribution in [2.45, 2.75) is 31.7 Å². The fraction of sp³-hybridized carbons (Fsp3) is 0.391. The van der Waals surface area contributed by atoms with Crippen LogP contribution in [0.25, 0.3) is 28.5 Å². The van der Waals surface area contributed by atoms with Gasteiger partial charge in [-0.25, -0.2) is 4.98 Å². The van der Waals surface area contributed by atoms with Crippen LogP contribution in [0.2, 0.25) is 0 Å². The molecule has 2 aliphatic rings. The van der Waals surface area contributed by atoms with Crippen molar-refractivity contribution in [3.05, 3.63) is 47.9 Å². The smallest absolute Gasteiger partial charge is 0.411 e. The molecule has 3 aromatic heterocycles. The van der Waals surface area contributed by atoms with Crippen LogP contribution >= 0.6 is 0 Å². The van der Waals surface area contributed by atoms with Gasteiger partial charge in [-0.05, 0) is 24.6 Å². The molecule has 5 heterocycles. The van der Waals surface area contributed by atoms with Crippen molar-refractivity contribution in [2.24, 2.45) is 0 Å². The summed E-state index contributed by atoms with van der Waals surface area (Å²) in [6.07, 6.45) is 0.612. The van der Waals surface area contributed by atoms with Crippen molar-refractivity contribution >= 4 is 0 Å². The molecule has 6 rings (SSSR count). The standard InChI is InChI=1S/C23H21F3N6O4/c1-33-15-2-3-17-16(7-15)20-13(8-32(29-20)14-4-5-34-9-14)6-18-21(27-12-31(17)18)22-28-19(36-30-22)10-35-11-23(24,25)26/h2-3,7-8,12,14H,4-6,9-11H2,1H3. The van der Waals surface area contributed by atoms with E-state index in [1.54, 1.807) is 13.4 Å². The SMILES string of the molecule is COc1ccc2c(c1)-c1nn(C3CCOC3)cc1Cc1c(-c3noc(COCC(F)(F)F)n3)ncn1-2. The maximum Gasteiger partial charge on any atom is 0.411 e. The van der Waals surface area contributed by atoms with Crippen molar-refractivity contribution in [1.82, 2.24) is 29.5 Å². The van der Waals surface area contributed by atoms with Crippen LogP contribution in [-0.2, 0) is 22.5 Å². The second-order valence-corrected chi connectivity index (χ2v) is 8.59. The molecular weight excluding hydrogens is 481 g/mol. The van der Waals surface area contributed by atoms with Crippen molar-refractivity contribution < 1.29 is 31.9 Å². The van der Waals surface area contributed by atoms with Crippen LogP contribution in [0.15, 0.2) is 35.2 Å². The normalized spacial score (nSPS) is 16.9. The number of fused-ring (bicyclic) bond motifs is 5. The average molecular weight is 502 g/mol. The summed E-state index contributed by atoms with van der Waals surface area (Å²) in [6, 6.07) is 5.89. The number of methoxy groups -OCH3 is 1. The molecule has 0 N–H and O–H groups in total. The molecule has 0 spiro atoms. The lowest BCUT2D eigenvalue weighted by atomic mass is 10.0. The molecule has 1 unspecified atom stereocenters. The van der Waals surface area contributed by atoms with Gasteiger partial charge >= 0.3 is 6.18 Å². The lowest BCUT2D eigenvalue weighted by Gasteiger charge is -2.12. The summed E-state index contributed by atoms with van der Waals surface area (Å²) >= 11 is 0. The molecule has 0 bridgehead atoms. The Morgan fingerprint density at radius 2 is 2.11 bits per heavy atom. The first-order chi connectivity index (χ1) is 17.4. The first-order valence-corrected chi connectivity index (χ1v) is 11.3. The molecule has 2 aliphatic heterocycles. The van der Waals surface area contributed by atoms with Gasteiger partial charge in [0.1, 0.15) is 31.0 Å². The van der Waals surface area contributed by atoms with E-state index in [-0.39, 0.29) is 17.8 Å². The number of imidazole rings is 1. The highest BCUT2D eigenvalue weighted by Crippen LogP contribution is 2.39. The minimum absolute atomic E-state index is 0.0653. The van der Waals surface area contributed by atoms with Crippen molar-refractivity contribution in [1.29, 1.82) is 0 Å². The average Bonchev–Trinajstić information content (AvgIpc) is 3.64. The van der Waals surface area contributed by atoms with Gasteiger partial charge in [0.25, 0.3) is 5.89 Å². The van der Waals surface area contributed by atoms with E-state index in [0.717, 1.165) is 34.6 Å². The van der Waals surface area contributed by atoms with E-state index in [1.807, 2.05) is 33.6 Å². The quantitative estimate of drug-likeness (QED) is 0.346. The minimum atomic E-state index is -4.44. The lowest BCUT2D eigenvalue weighted by Crippen LogP contribution is -2.16. The van der Waals surface area contributed by atoms with E-state index in [0.29, 0.717) is 31.1 Å². The maximum atomic E-state index is 12.4. The summed E-state index contributed by atoms with van der Waals surface area (Å²) in [7, 11) is 1.61. The van der Waals surface area contributed by atoms with Gasteiger partial charge in [0.05, 0.1) is 36.8 Å². The number of hydrogen-bond donors (Lipinski definition) is 0. The highest BCUT2D eigenvalue weighted by atomic mass is 19.4. The maximum absolute atomic E-state index is 12.4. The van der Waals surface area contributed by atoms with Crippen molar-refractivity contribution in [3.8, 4) is 34.2 Å². The molecule has 1 fully saturated rings. The van der Waals surface area contributed by atoms with E-state index in [2.05, 4.69) is 19.9 Å². The number of ether oxygens (including phenoxy) is 3. The second-order valence-electron chi connectivity index (χ2n) is 8.59. The van der Waals surface area contributed by atoms with Gasteiger partial charge in [-0.15, -0.1) is 0 Å². The Balaban J connectivity index is 1.39. The predicted molar refractivity (Wildman–Crippen MR) is 118 cm³/mol. The summed E-state index contributed by atoms with van der Waals surface area (Å²) in [5.41, 5.74) is 4.82. The minimum Gasteiger partial charge on any atom is -0.497 e. The number of halogens is 3. The summed E-state index contributed by atoms with van der Waals surface area (Å²) in [5, 5.41) is 8.86. The van der Waals surface area contributed by atoms with Crippen LogP contribution in [0.5, 0.6) is 5.75 Å². The summed E-state index contributed by atoms with van der Waals surface area (Å²) in [5.74, 6) is 0.804. The van der Waals surface area contributed by atoms with Crippen LogP contribution in [0.4, 0.5) is 13.2 Å². The fourth-order valence-corrected chi connectivity index (χ4v) is 4.53. The summed E-state index contributed by atoms with van der Waals surface area (Å²) in [6.45, 7) is -0.546. The van der Waals surface area contributed by atoms with Crippen LogP contribution in [0.1, 0.15) is 29.6 Å². The highest BCUT2D eigenvalue weighted by molar-refractivity contribution is 5.77. The number of nitrogens with zero attached hydrogens (tertiary/aromatic N) is 6. The molecular formula is C23H21F3N6O4. The van der Waals surface area contributed by atoms with E-state index in [1.165, 1.54) is 0 Å². The monoisotopic (exact) mass is 502 g/mol. The largest absolute Gasteiger partial charge is 0.497 e. The third-order valence-electron chi connectivity index (χ3n) is 6.20. The third-order valence-corrected chi connectivity index (χ3v) is 6.20. The predicted octanol–water partition coefficient (Wildman–Crippen LogP) is 3.74. The lowest BCUT2D eigenvalue weighted by molar-refractivity contribution is -0.178. The van der Waals surface area contributed by atoms with E-state index < -0.39 is 19.4 Å². The molecule has 0 amide bonds. The van der Waals surface area contributed by atoms with Gasteiger partial charge in [0.15, 0.2) is 0 Å². The number of rotatable bonds is 6.